The van der Waals surface area contributed by atoms with Gasteiger partial charge in [0.2, 0.25) is 5.43 Å². The largest absolute Gasteiger partial charge is 0.462 e. The third-order valence-electron chi connectivity index (χ3n) is 6.39. The lowest BCUT2D eigenvalue weighted by Crippen LogP contribution is -2.41. The fourth-order valence-electron chi connectivity index (χ4n) is 4.67. The van der Waals surface area contributed by atoms with E-state index in [2.05, 4.69) is 14.4 Å². The summed E-state index contributed by atoms with van der Waals surface area (Å²) >= 11 is 0. The van der Waals surface area contributed by atoms with Gasteiger partial charge in [-0.05, 0) is 44.9 Å². The molecule has 2 aromatic rings. The zero-order valence-electron chi connectivity index (χ0n) is 18.6. The minimum absolute atomic E-state index is 0.127. The highest BCUT2D eigenvalue weighted by Gasteiger charge is 2.25. The van der Waals surface area contributed by atoms with Crippen molar-refractivity contribution < 1.29 is 14.3 Å². The Labute approximate surface area is 183 Å². The average molecular weight is 428 g/mol. The van der Waals surface area contributed by atoms with Crippen LogP contribution in [0.4, 0.5) is 0 Å². The monoisotopic (exact) mass is 427 g/mol. The minimum Gasteiger partial charge on any atom is -0.462 e. The van der Waals surface area contributed by atoms with Crippen LogP contribution in [0.2, 0.25) is 0 Å². The predicted molar refractivity (Wildman–Crippen MR) is 121 cm³/mol. The Kier molecular flexibility index (Phi) is 7.05. The molecule has 2 aliphatic heterocycles. The Bertz CT molecular complexity index is 981. The van der Waals surface area contributed by atoms with Crippen LogP contribution in [0.5, 0.6) is 0 Å². The summed E-state index contributed by atoms with van der Waals surface area (Å²) in [6.45, 7) is 12.8. The van der Waals surface area contributed by atoms with Crippen molar-refractivity contribution in [2.24, 2.45) is 5.92 Å². The summed E-state index contributed by atoms with van der Waals surface area (Å²) in [5, 5.41) is 0.590. The maximum atomic E-state index is 12.9. The number of hydrogen-bond acceptors (Lipinski definition) is 6. The molecule has 1 unspecified atom stereocenters. The van der Waals surface area contributed by atoms with Crippen LogP contribution in [0.3, 0.4) is 0 Å². The summed E-state index contributed by atoms with van der Waals surface area (Å²) in [5.74, 6) is -0.0463. The van der Waals surface area contributed by atoms with Crippen LogP contribution in [0, 0.1) is 12.8 Å². The maximum Gasteiger partial charge on any atom is 0.343 e. The van der Waals surface area contributed by atoms with Gasteiger partial charge >= 0.3 is 5.97 Å². The topological polar surface area (TPSA) is 64.0 Å². The molecule has 2 saturated heterocycles. The molecule has 7 heteroatoms. The molecule has 0 spiro atoms. The van der Waals surface area contributed by atoms with Gasteiger partial charge in [0.1, 0.15) is 5.56 Å². The number of carbonyl (C=O) groups is 1. The van der Waals surface area contributed by atoms with E-state index in [1.54, 1.807) is 13.1 Å². The number of pyridine rings is 1. The van der Waals surface area contributed by atoms with E-state index in [0.717, 1.165) is 76.5 Å². The Morgan fingerprint density at radius 3 is 2.71 bits per heavy atom. The minimum atomic E-state index is -0.539. The third kappa shape index (κ3) is 5.17. The number of rotatable bonds is 7. The molecule has 4 rings (SSSR count). The van der Waals surface area contributed by atoms with E-state index in [1.165, 1.54) is 0 Å². The van der Waals surface area contributed by atoms with Crippen molar-refractivity contribution >= 4 is 16.9 Å². The first-order chi connectivity index (χ1) is 15.0. The quantitative estimate of drug-likeness (QED) is 0.631. The molecule has 1 aromatic carbocycles. The molecule has 0 radical (unpaired) electrons. The number of aryl methyl sites for hydroxylation is 1. The lowest BCUT2D eigenvalue weighted by Gasteiger charge is -2.28. The van der Waals surface area contributed by atoms with Gasteiger partial charge in [-0.15, -0.1) is 0 Å². The van der Waals surface area contributed by atoms with Gasteiger partial charge in [0, 0.05) is 50.9 Å². The Morgan fingerprint density at radius 2 is 1.94 bits per heavy atom. The fraction of sp³-hybridized carbons (Fsp3) is 0.583. The Hall–Kier alpha value is -2.22. The van der Waals surface area contributed by atoms with E-state index < -0.39 is 5.97 Å². The first-order valence-corrected chi connectivity index (χ1v) is 11.4. The average Bonchev–Trinajstić information content (AvgIpc) is 3.22. The van der Waals surface area contributed by atoms with Gasteiger partial charge in [-0.2, -0.15) is 0 Å². The van der Waals surface area contributed by atoms with Gasteiger partial charge in [0.25, 0.3) is 0 Å². The highest BCUT2D eigenvalue weighted by Crippen LogP contribution is 2.22. The normalized spacial score (nSPS) is 20.4. The molecule has 0 aliphatic carbocycles. The molecule has 3 heterocycles. The molecule has 0 N–H and O–H groups in total. The maximum absolute atomic E-state index is 12.9. The summed E-state index contributed by atoms with van der Waals surface area (Å²) in [6, 6.07) is 5.89. The lowest BCUT2D eigenvalue weighted by atomic mass is 10.1. The smallest absolute Gasteiger partial charge is 0.343 e. The molecule has 2 fully saturated rings. The van der Waals surface area contributed by atoms with Gasteiger partial charge in [-0.1, -0.05) is 11.6 Å². The number of esters is 1. The molecule has 0 amide bonds. The summed E-state index contributed by atoms with van der Waals surface area (Å²) in [6.07, 6.45) is 2.83. The van der Waals surface area contributed by atoms with Gasteiger partial charge in [0.15, 0.2) is 0 Å². The Morgan fingerprint density at radius 1 is 1.16 bits per heavy atom. The number of aromatic nitrogens is 1. The number of benzene rings is 1. The number of hydrogen-bond donors (Lipinski definition) is 0. The molecule has 1 atom stereocenters. The summed E-state index contributed by atoms with van der Waals surface area (Å²) in [4.78, 5) is 30.4. The standard InChI is InChI=1S/C24H33N3O4/c1-3-31-24(29)21-17-27(22-5-4-18(2)14-20(22)23(21)28)16-19-6-7-26(15-19)9-8-25-10-12-30-13-11-25/h4-5,14,17,19H,3,6-13,15-16H2,1-2H3. The van der Waals surface area contributed by atoms with Gasteiger partial charge < -0.3 is 18.9 Å². The Balaban J connectivity index is 1.49. The van der Waals surface area contributed by atoms with Crippen molar-refractivity contribution in [2.75, 3.05) is 59.1 Å². The SMILES string of the molecule is CCOC(=O)c1cn(CC2CCN(CCN3CCOCC3)C2)c2ccc(C)cc2c1=O. The fourth-order valence-corrected chi connectivity index (χ4v) is 4.67. The van der Waals surface area contributed by atoms with E-state index in [-0.39, 0.29) is 17.6 Å². The number of ether oxygens (including phenoxy) is 2. The van der Waals surface area contributed by atoms with Crippen LogP contribution < -0.4 is 5.43 Å². The molecule has 31 heavy (non-hydrogen) atoms. The van der Waals surface area contributed by atoms with Gasteiger partial charge in [0.05, 0.1) is 25.3 Å². The number of nitrogens with zero attached hydrogens (tertiary/aromatic N) is 3. The number of morpholine rings is 1. The molecule has 0 saturated carbocycles. The highest BCUT2D eigenvalue weighted by molar-refractivity contribution is 5.93. The third-order valence-corrected chi connectivity index (χ3v) is 6.39. The zero-order valence-corrected chi connectivity index (χ0v) is 18.6. The second kappa shape index (κ2) is 9.94. The van der Waals surface area contributed by atoms with Crippen LogP contribution in [0.1, 0.15) is 29.3 Å². The van der Waals surface area contributed by atoms with Crippen molar-refractivity contribution in [1.29, 1.82) is 0 Å². The number of fused-ring (bicyclic) bond motifs is 1. The van der Waals surface area contributed by atoms with Crippen LogP contribution in [0.25, 0.3) is 10.9 Å². The summed E-state index contributed by atoms with van der Waals surface area (Å²) in [7, 11) is 0. The van der Waals surface area contributed by atoms with E-state index in [0.29, 0.717) is 11.3 Å². The van der Waals surface area contributed by atoms with Crippen LogP contribution in [-0.4, -0.2) is 79.4 Å². The van der Waals surface area contributed by atoms with E-state index in [1.807, 2.05) is 25.1 Å². The van der Waals surface area contributed by atoms with Crippen molar-refractivity contribution in [3.63, 3.8) is 0 Å². The van der Waals surface area contributed by atoms with Crippen molar-refractivity contribution in [2.45, 2.75) is 26.8 Å². The first-order valence-electron chi connectivity index (χ1n) is 11.4. The number of likely N-dealkylation sites (tertiary alicyclic amines) is 1. The number of carbonyl (C=O) groups excluding carboxylic acids is 1. The highest BCUT2D eigenvalue weighted by atomic mass is 16.5. The van der Waals surface area contributed by atoms with Crippen molar-refractivity contribution in [1.82, 2.24) is 14.4 Å². The summed E-state index contributed by atoms with van der Waals surface area (Å²) < 4.78 is 12.7. The van der Waals surface area contributed by atoms with E-state index in [9.17, 15) is 9.59 Å². The van der Waals surface area contributed by atoms with Crippen molar-refractivity contribution in [3.8, 4) is 0 Å². The summed E-state index contributed by atoms with van der Waals surface area (Å²) in [5.41, 5.74) is 1.77. The zero-order chi connectivity index (χ0) is 21.8. The first kappa shape index (κ1) is 22.0. The molecule has 7 nitrogen and oxygen atoms in total. The second-order valence-corrected chi connectivity index (χ2v) is 8.67. The molecule has 168 valence electrons. The van der Waals surface area contributed by atoms with Crippen LogP contribution >= 0.6 is 0 Å². The van der Waals surface area contributed by atoms with Crippen LogP contribution in [0.15, 0.2) is 29.2 Å². The van der Waals surface area contributed by atoms with Crippen molar-refractivity contribution in [3.05, 3.63) is 45.7 Å². The van der Waals surface area contributed by atoms with Gasteiger partial charge in [-0.3, -0.25) is 9.69 Å². The van der Waals surface area contributed by atoms with E-state index in [4.69, 9.17) is 9.47 Å². The molecule has 0 bridgehead atoms. The molecular weight excluding hydrogens is 394 g/mol. The predicted octanol–water partition coefficient (Wildman–Crippen LogP) is 2.14. The van der Waals surface area contributed by atoms with Gasteiger partial charge in [-0.25, -0.2) is 4.79 Å². The van der Waals surface area contributed by atoms with Crippen LogP contribution in [-0.2, 0) is 16.0 Å². The van der Waals surface area contributed by atoms with E-state index >= 15 is 0 Å². The lowest BCUT2D eigenvalue weighted by molar-refractivity contribution is 0.0342. The molecule has 2 aliphatic rings. The second-order valence-electron chi connectivity index (χ2n) is 8.67. The molecule has 1 aromatic heterocycles. The molecular formula is C24H33N3O4.